The molecule has 0 heterocycles. The van der Waals surface area contributed by atoms with E-state index in [9.17, 15) is 9.59 Å². The van der Waals surface area contributed by atoms with E-state index in [1.807, 2.05) is 26.8 Å². The third-order valence-corrected chi connectivity index (χ3v) is 3.17. The van der Waals surface area contributed by atoms with Gasteiger partial charge in [-0.15, -0.1) is 0 Å². The van der Waals surface area contributed by atoms with Crippen molar-refractivity contribution in [1.82, 2.24) is 10.6 Å². The quantitative estimate of drug-likeness (QED) is 0.409. The van der Waals surface area contributed by atoms with E-state index in [4.69, 9.17) is 9.47 Å². The number of amides is 2. The Balaban J connectivity index is 3.54. The van der Waals surface area contributed by atoms with Crippen LogP contribution in [0.2, 0.25) is 0 Å². The fourth-order valence-electron chi connectivity index (χ4n) is 1.94. The van der Waals surface area contributed by atoms with Crippen LogP contribution in [0.15, 0.2) is 12.2 Å². The van der Waals surface area contributed by atoms with Gasteiger partial charge in [-0.2, -0.15) is 0 Å². The molecular weight excluding hydrogens is 332 g/mol. The van der Waals surface area contributed by atoms with Gasteiger partial charge in [0, 0.05) is 25.9 Å². The Bertz CT molecular complexity index is 434. The molecule has 0 unspecified atom stereocenters. The van der Waals surface area contributed by atoms with Crippen molar-refractivity contribution >= 4 is 11.8 Å². The number of nitrogens with one attached hydrogen (secondary N) is 2. The van der Waals surface area contributed by atoms with Crippen molar-refractivity contribution in [3.05, 3.63) is 12.2 Å². The van der Waals surface area contributed by atoms with Crippen molar-refractivity contribution in [2.24, 2.45) is 5.41 Å². The van der Waals surface area contributed by atoms with Gasteiger partial charge in [0.15, 0.2) is 0 Å². The maximum absolute atomic E-state index is 11.7. The lowest BCUT2D eigenvalue weighted by Gasteiger charge is -2.19. The number of hydrogen-bond acceptors (Lipinski definition) is 4. The topological polar surface area (TPSA) is 76.7 Å². The fourth-order valence-corrected chi connectivity index (χ4v) is 1.94. The number of allylic oxidation sites excluding steroid dienone is 1. The van der Waals surface area contributed by atoms with E-state index in [1.165, 1.54) is 0 Å². The Kier molecular flexibility index (Phi) is 12.2. The number of carbonyl (C=O) groups excluding carboxylic acids is 2. The van der Waals surface area contributed by atoms with Crippen molar-refractivity contribution in [2.75, 3.05) is 32.9 Å². The van der Waals surface area contributed by atoms with Crippen LogP contribution in [0.25, 0.3) is 0 Å². The summed E-state index contributed by atoms with van der Waals surface area (Å²) in [6.45, 7) is 14.8. The summed E-state index contributed by atoms with van der Waals surface area (Å²) in [6, 6.07) is 0. The van der Waals surface area contributed by atoms with E-state index in [0.29, 0.717) is 52.2 Å². The summed E-state index contributed by atoms with van der Waals surface area (Å²) in [7, 11) is 0. The molecule has 0 aromatic carbocycles. The molecule has 0 aromatic rings. The van der Waals surface area contributed by atoms with Gasteiger partial charge in [-0.05, 0) is 32.6 Å². The number of rotatable bonds is 12. The molecule has 6 heteroatoms. The monoisotopic (exact) mass is 370 g/mol. The zero-order chi connectivity index (χ0) is 20.1. The summed E-state index contributed by atoms with van der Waals surface area (Å²) in [5.41, 5.74) is -0.0428. The lowest BCUT2D eigenvalue weighted by molar-refractivity contribution is -0.122. The first-order chi connectivity index (χ1) is 12.0. The van der Waals surface area contributed by atoms with E-state index in [0.717, 1.165) is 0 Å². The highest BCUT2D eigenvalue weighted by Crippen LogP contribution is 2.13. The second-order valence-electron chi connectivity index (χ2n) is 8.35. The molecular formula is C20H38N2O4. The predicted molar refractivity (Wildman–Crippen MR) is 105 cm³/mol. The Morgan fingerprint density at radius 3 is 2.08 bits per heavy atom. The van der Waals surface area contributed by atoms with Crippen LogP contribution in [0.4, 0.5) is 0 Å². The Morgan fingerprint density at radius 1 is 0.885 bits per heavy atom. The van der Waals surface area contributed by atoms with Gasteiger partial charge in [0.2, 0.25) is 11.8 Å². The molecule has 0 aromatic heterocycles. The zero-order valence-corrected chi connectivity index (χ0v) is 17.4. The van der Waals surface area contributed by atoms with Crippen molar-refractivity contribution in [2.45, 2.75) is 66.4 Å². The van der Waals surface area contributed by atoms with Crippen molar-refractivity contribution in [3.63, 3.8) is 0 Å². The summed E-state index contributed by atoms with van der Waals surface area (Å²) >= 11 is 0. The second kappa shape index (κ2) is 12.9. The van der Waals surface area contributed by atoms with E-state index >= 15 is 0 Å². The smallest absolute Gasteiger partial charge is 0.220 e. The zero-order valence-electron chi connectivity index (χ0n) is 17.4. The number of ether oxygens (including phenoxy) is 2. The lowest BCUT2D eigenvalue weighted by Crippen LogP contribution is -2.28. The van der Waals surface area contributed by atoms with Crippen LogP contribution in [0.1, 0.15) is 60.8 Å². The van der Waals surface area contributed by atoms with Crippen molar-refractivity contribution in [1.29, 1.82) is 0 Å². The molecule has 0 atom stereocenters. The molecule has 6 nitrogen and oxygen atoms in total. The molecule has 0 aliphatic carbocycles. The van der Waals surface area contributed by atoms with E-state index in [1.54, 1.807) is 0 Å². The molecule has 0 bridgehead atoms. The molecule has 2 amide bonds. The van der Waals surface area contributed by atoms with Crippen LogP contribution in [-0.4, -0.2) is 50.3 Å². The minimum Gasteiger partial charge on any atom is -0.377 e. The first-order valence-electron chi connectivity index (χ1n) is 9.42. The van der Waals surface area contributed by atoms with Crippen LogP contribution >= 0.6 is 0 Å². The molecule has 26 heavy (non-hydrogen) atoms. The highest BCUT2D eigenvalue weighted by molar-refractivity contribution is 5.78. The molecule has 152 valence electrons. The molecule has 0 radical (unpaired) electrons. The first-order valence-corrected chi connectivity index (χ1v) is 9.42. The summed E-state index contributed by atoms with van der Waals surface area (Å²) in [4.78, 5) is 23.4. The van der Waals surface area contributed by atoms with Crippen LogP contribution < -0.4 is 10.6 Å². The van der Waals surface area contributed by atoms with Crippen LogP contribution in [0.3, 0.4) is 0 Å². The first kappa shape index (κ1) is 24.6. The van der Waals surface area contributed by atoms with Gasteiger partial charge >= 0.3 is 0 Å². The Hall–Kier alpha value is -1.40. The van der Waals surface area contributed by atoms with E-state index < -0.39 is 0 Å². The molecule has 0 saturated heterocycles. The fraction of sp³-hybridized carbons (Fsp3) is 0.800. The molecule has 0 aliphatic heterocycles. The van der Waals surface area contributed by atoms with Gasteiger partial charge in [-0.3, -0.25) is 9.59 Å². The minimum atomic E-state index is -0.160. The van der Waals surface area contributed by atoms with Gasteiger partial charge in [0.25, 0.3) is 0 Å². The van der Waals surface area contributed by atoms with E-state index in [2.05, 4.69) is 37.5 Å². The van der Waals surface area contributed by atoms with Gasteiger partial charge in [0.05, 0.1) is 25.4 Å². The predicted octanol–water partition coefficient (Wildman–Crippen LogP) is 2.82. The summed E-state index contributed by atoms with van der Waals surface area (Å²) in [6.07, 6.45) is 5.27. The largest absolute Gasteiger partial charge is 0.377 e. The maximum atomic E-state index is 11.7. The third-order valence-electron chi connectivity index (χ3n) is 3.17. The molecule has 0 saturated carbocycles. The summed E-state index contributed by atoms with van der Waals surface area (Å²) < 4.78 is 10.9. The maximum Gasteiger partial charge on any atom is 0.220 e. The molecule has 0 rings (SSSR count). The second-order valence-corrected chi connectivity index (χ2v) is 8.35. The number of carbonyl (C=O) groups is 2. The van der Waals surface area contributed by atoms with Gasteiger partial charge in [0.1, 0.15) is 0 Å². The van der Waals surface area contributed by atoms with Gasteiger partial charge < -0.3 is 20.1 Å². The highest BCUT2D eigenvalue weighted by atomic mass is 16.5. The summed E-state index contributed by atoms with van der Waals surface area (Å²) in [5.74, 6) is -0.0847. The lowest BCUT2D eigenvalue weighted by atomic mass is 9.96. The van der Waals surface area contributed by atoms with Crippen molar-refractivity contribution in [3.8, 4) is 0 Å². The summed E-state index contributed by atoms with van der Waals surface area (Å²) in [5, 5.41) is 5.61. The van der Waals surface area contributed by atoms with Gasteiger partial charge in [-0.25, -0.2) is 0 Å². The highest BCUT2D eigenvalue weighted by Gasteiger charge is 2.09. The van der Waals surface area contributed by atoms with Crippen molar-refractivity contribution < 1.29 is 19.1 Å². The number of hydrogen-bond donors (Lipinski definition) is 2. The minimum absolute atomic E-state index is 0.0291. The Labute approximate surface area is 159 Å². The molecule has 0 aliphatic rings. The van der Waals surface area contributed by atoms with Gasteiger partial charge in [-0.1, -0.05) is 32.9 Å². The third kappa shape index (κ3) is 18.9. The average Bonchev–Trinajstić information content (AvgIpc) is 2.48. The molecule has 0 spiro atoms. The van der Waals surface area contributed by atoms with E-state index in [-0.39, 0.29) is 22.8 Å². The van der Waals surface area contributed by atoms with Crippen LogP contribution in [0, 0.1) is 5.41 Å². The average molecular weight is 371 g/mol. The standard InChI is InChI=1S/C20H38N2O4/c1-19(2,3)11-8-12-21-17(23)9-7-10-18(24)22-13-14-25-15-16-26-20(4,5)6/h8,11H,7,9-10,12-16H2,1-6H3,(H,21,23)(H,22,24)/b11-8-. The SMILES string of the molecule is CC(C)(C)/C=C\CNC(=O)CCCC(=O)NCCOCCOC(C)(C)C. The normalized spacial score (nSPS) is 12.4. The van der Waals surface area contributed by atoms with Crippen LogP contribution in [0.5, 0.6) is 0 Å². The van der Waals surface area contributed by atoms with Crippen LogP contribution in [-0.2, 0) is 19.1 Å². The Morgan fingerprint density at radius 2 is 1.50 bits per heavy atom. The molecule has 0 fully saturated rings. The molecule has 2 N–H and O–H groups in total.